The number of allylic oxidation sites excluding steroid dienone is 4. The van der Waals surface area contributed by atoms with Gasteiger partial charge in [0.05, 0.1) is 11.3 Å². The van der Waals surface area contributed by atoms with Crippen molar-refractivity contribution < 1.29 is 0 Å². The number of fused-ring (bicyclic) bond motifs is 1. The minimum atomic E-state index is 0.455. The van der Waals surface area contributed by atoms with Crippen LogP contribution in [0.3, 0.4) is 0 Å². The summed E-state index contributed by atoms with van der Waals surface area (Å²) in [4.78, 5) is 17.0. The van der Waals surface area contributed by atoms with Gasteiger partial charge in [-0.2, -0.15) is 0 Å². The molecule has 2 N–H and O–H groups in total. The fourth-order valence-electron chi connectivity index (χ4n) is 5.21. The van der Waals surface area contributed by atoms with Crippen LogP contribution in [0, 0.1) is 5.92 Å². The van der Waals surface area contributed by atoms with Crippen molar-refractivity contribution in [3.05, 3.63) is 84.2 Å². The van der Waals surface area contributed by atoms with Crippen LogP contribution in [0.4, 0.5) is 5.82 Å². The Kier molecular flexibility index (Phi) is 7.47. The fraction of sp³-hybridized carbons (Fsp3) is 0.323. The third-order valence-electron chi connectivity index (χ3n) is 7.20. The first-order valence-electron chi connectivity index (χ1n) is 13.4. The first kappa shape index (κ1) is 24.9. The Hall–Kier alpha value is -3.77. The minimum Gasteiger partial charge on any atom is -0.383 e. The van der Waals surface area contributed by atoms with Crippen molar-refractivity contribution in [2.24, 2.45) is 5.92 Å². The summed E-state index contributed by atoms with van der Waals surface area (Å²) < 4.78 is 2.11. The second-order valence-corrected chi connectivity index (χ2v) is 9.78. The minimum absolute atomic E-state index is 0.455. The van der Waals surface area contributed by atoms with E-state index >= 15 is 0 Å². The van der Waals surface area contributed by atoms with Crippen molar-refractivity contribution >= 4 is 22.6 Å². The van der Waals surface area contributed by atoms with Crippen molar-refractivity contribution in [3.8, 4) is 17.1 Å². The molecule has 0 aliphatic carbocycles. The van der Waals surface area contributed by atoms with Crippen LogP contribution in [-0.4, -0.2) is 37.5 Å². The lowest BCUT2D eigenvalue weighted by atomic mass is 10.1. The smallest absolute Gasteiger partial charge is 0.165 e. The van der Waals surface area contributed by atoms with Gasteiger partial charge in [-0.3, -0.25) is 9.47 Å². The Morgan fingerprint density at radius 1 is 1.08 bits per heavy atom. The molecule has 1 unspecified atom stereocenters. The van der Waals surface area contributed by atoms with Gasteiger partial charge in [0, 0.05) is 25.0 Å². The van der Waals surface area contributed by atoms with Crippen molar-refractivity contribution in [3.63, 3.8) is 0 Å². The number of hydrogen-bond acceptors (Lipinski definition) is 5. The molecule has 3 aromatic heterocycles. The highest BCUT2D eigenvalue weighted by atomic mass is 15.1. The number of hydrogen-bond donors (Lipinski definition) is 1. The summed E-state index contributed by atoms with van der Waals surface area (Å²) in [7, 11) is 0. The molecule has 1 saturated heterocycles. The number of anilines is 1. The Labute approximate surface area is 219 Å². The molecular weight excluding hydrogens is 456 g/mol. The van der Waals surface area contributed by atoms with Gasteiger partial charge in [-0.05, 0) is 79.8 Å². The van der Waals surface area contributed by atoms with Gasteiger partial charge in [0.25, 0.3) is 0 Å². The van der Waals surface area contributed by atoms with Crippen LogP contribution >= 0.6 is 0 Å². The van der Waals surface area contributed by atoms with E-state index in [2.05, 4.69) is 64.7 Å². The number of aromatic nitrogens is 4. The second-order valence-electron chi connectivity index (χ2n) is 9.78. The van der Waals surface area contributed by atoms with Crippen LogP contribution in [-0.2, 0) is 6.54 Å². The lowest BCUT2D eigenvalue weighted by Gasteiger charge is -2.16. The maximum Gasteiger partial charge on any atom is 0.165 e. The predicted molar refractivity (Wildman–Crippen MR) is 153 cm³/mol. The monoisotopic (exact) mass is 492 g/mol. The van der Waals surface area contributed by atoms with Gasteiger partial charge in [0.1, 0.15) is 11.3 Å². The quantitative estimate of drug-likeness (QED) is 0.278. The number of nitrogens with two attached hydrogens (primary N) is 1. The average Bonchev–Trinajstić information content (AvgIpc) is 3.53. The third kappa shape index (κ3) is 5.20. The van der Waals surface area contributed by atoms with Crippen LogP contribution in [0.25, 0.3) is 33.8 Å². The zero-order chi connectivity index (χ0) is 25.8. The van der Waals surface area contributed by atoms with Crippen molar-refractivity contribution in [2.75, 3.05) is 18.8 Å². The normalized spacial score (nSPS) is 16.8. The molecule has 1 atom stereocenters. The highest BCUT2D eigenvalue weighted by Crippen LogP contribution is 2.31. The average molecular weight is 493 g/mol. The van der Waals surface area contributed by atoms with Gasteiger partial charge >= 0.3 is 0 Å². The Morgan fingerprint density at radius 3 is 2.62 bits per heavy atom. The highest BCUT2D eigenvalue weighted by Gasteiger charge is 2.21. The maximum atomic E-state index is 6.31. The number of rotatable bonds is 8. The van der Waals surface area contributed by atoms with Crippen molar-refractivity contribution in [2.45, 2.75) is 46.6 Å². The van der Waals surface area contributed by atoms with E-state index in [4.69, 9.17) is 15.7 Å². The van der Waals surface area contributed by atoms with E-state index in [-0.39, 0.29) is 0 Å². The van der Waals surface area contributed by atoms with E-state index in [0.717, 1.165) is 58.4 Å². The van der Waals surface area contributed by atoms with E-state index < -0.39 is 0 Å². The predicted octanol–water partition coefficient (Wildman–Crippen LogP) is 6.67. The lowest BCUT2D eigenvalue weighted by molar-refractivity contribution is 0.315. The van der Waals surface area contributed by atoms with Gasteiger partial charge in [-0.15, -0.1) is 0 Å². The summed E-state index contributed by atoms with van der Waals surface area (Å²) >= 11 is 0. The standard InChI is InChI=1S/C31H36N6/c1-4-8-24(9-5-2)27-15-16-28-31(34-27)37(30(35-28)26-10-7-18-33-29(26)32)25-13-11-23(12-14-25)21-36-19-17-22(6-3)20-36/h4,7-16,18,22H,5-6,17,19-21H2,1-3H3,(H2,32,33)/b8-4-,24-9+. The first-order valence-corrected chi connectivity index (χ1v) is 13.4. The summed E-state index contributed by atoms with van der Waals surface area (Å²) in [5.41, 5.74) is 13.1. The molecule has 1 fully saturated rings. The van der Waals surface area contributed by atoms with E-state index in [0.29, 0.717) is 5.82 Å². The van der Waals surface area contributed by atoms with Crippen molar-refractivity contribution in [1.29, 1.82) is 0 Å². The topological polar surface area (TPSA) is 72.9 Å². The number of likely N-dealkylation sites (tertiary alicyclic amines) is 1. The summed E-state index contributed by atoms with van der Waals surface area (Å²) in [5, 5.41) is 0. The van der Waals surface area contributed by atoms with E-state index in [9.17, 15) is 0 Å². The molecule has 0 radical (unpaired) electrons. The zero-order valence-electron chi connectivity index (χ0n) is 22.1. The van der Waals surface area contributed by atoms with Crippen LogP contribution in [0.2, 0.25) is 0 Å². The second kappa shape index (κ2) is 11.1. The molecule has 0 amide bonds. The lowest BCUT2D eigenvalue weighted by Crippen LogP contribution is -2.19. The summed E-state index contributed by atoms with van der Waals surface area (Å²) in [6, 6.07) is 16.7. The number of nitrogens with zero attached hydrogens (tertiary/aromatic N) is 5. The van der Waals surface area contributed by atoms with Crippen LogP contribution in [0.1, 0.15) is 51.3 Å². The number of benzene rings is 1. The summed E-state index contributed by atoms with van der Waals surface area (Å²) in [5.74, 6) is 2.03. The van der Waals surface area contributed by atoms with Crippen LogP contribution in [0.15, 0.2) is 73.0 Å². The van der Waals surface area contributed by atoms with Gasteiger partial charge in [0.2, 0.25) is 0 Å². The molecule has 1 aliphatic heterocycles. The SMILES string of the molecule is C/C=C\C(=C/CC)c1ccc2nc(-c3cccnc3N)n(-c3ccc(CN4CCC(CC)C4)cc3)c2n1. The van der Waals surface area contributed by atoms with Gasteiger partial charge in [0.15, 0.2) is 11.5 Å². The molecule has 37 heavy (non-hydrogen) atoms. The van der Waals surface area contributed by atoms with E-state index in [1.165, 1.54) is 31.5 Å². The first-order chi connectivity index (χ1) is 18.1. The number of imidazole rings is 1. The molecule has 4 heterocycles. The maximum absolute atomic E-state index is 6.31. The molecule has 5 rings (SSSR count). The van der Waals surface area contributed by atoms with E-state index in [1.54, 1.807) is 6.20 Å². The Morgan fingerprint density at radius 2 is 1.92 bits per heavy atom. The fourth-order valence-corrected chi connectivity index (χ4v) is 5.21. The third-order valence-corrected chi connectivity index (χ3v) is 7.20. The van der Waals surface area contributed by atoms with Crippen LogP contribution < -0.4 is 5.73 Å². The Bertz CT molecular complexity index is 1430. The molecule has 6 heteroatoms. The largest absolute Gasteiger partial charge is 0.383 e. The molecule has 4 aromatic rings. The number of pyridine rings is 2. The molecule has 0 saturated carbocycles. The zero-order valence-corrected chi connectivity index (χ0v) is 22.1. The van der Waals surface area contributed by atoms with Crippen LogP contribution in [0.5, 0.6) is 0 Å². The van der Waals surface area contributed by atoms with Gasteiger partial charge in [-0.25, -0.2) is 15.0 Å². The van der Waals surface area contributed by atoms with Gasteiger partial charge < -0.3 is 5.73 Å². The Balaban J connectivity index is 1.59. The molecule has 190 valence electrons. The molecular formula is C31H36N6. The molecule has 1 aliphatic rings. The molecule has 0 bridgehead atoms. The number of nitrogen functional groups attached to an aromatic ring is 1. The molecule has 6 nitrogen and oxygen atoms in total. The highest BCUT2D eigenvalue weighted by molar-refractivity contribution is 5.85. The molecule has 0 spiro atoms. The van der Waals surface area contributed by atoms with Crippen molar-refractivity contribution in [1.82, 2.24) is 24.4 Å². The summed E-state index contributed by atoms with van der Waals surface area (Å²) in [6.07, 6.45) is 11.6. The summed E-state index contributed by atoms with van der Waals surface area (Å²) in [6.45, 7) is 9.83. The molecule has 1 aromatic carbocycles. The van der Waals surface area contributed by atoms with E-state index in [1.807, 2.05) is 37.3 Å². The van der Waals surface area contributed by atoms with Gasteiger partial charge in [-0.1, -0.05) is 50.6 Å².